The zero-order valence-corrected chi connectivity index (χ0v) is 21.7. The molecule has 2 aromatic heterocycles. The molecule has 22 heteroatoms. The summed E-state index contributed by atoms with van der Waals surface area (Å²) in [7, 11) is -17.3. The highest BCUT2D eigenvalue weighted by Gasteiger charge is 2.58. The Hall–Kier alpha value is -1.87. The Labute approximate surface area is 210 Å². The standard InChI is InChI=1S/C16H20F2N3O14P3/c1-7(33-37(28,29)35-38(30,31)34-36(25,26)27)11-12(22)16(24,4-3-5-17)15(32-11)21-6-9(18)10-13(21)19-8(2)20-14(10)23/h6-7,11-12,15,22,24H,5H2,1-2H3,(H,28,29)(H,30,31)(H,19,20,23)(H2,25,26,27)/t7-,11+,12-,15+,16?/m0/s1. The van der Waals surface area contributed by atoms with Crippen molar-refractivity contribution in [2.75, 3.05) is 6.67 Å². The summed E-state index contributed by atoms with van der Waals surface area (Å²) in [5, 5.41) is 21.4. The van der Waals surface area contributed by atoms with E-state index in [0.29, 0.717) is 6.20 Å². The third-order valence-electron chi connectivity index (χ3n) is 4.97. The Bertz CT molecular complexity index is 1500. The molecular weight excluding hydrogens is 589 g/mol. The van der Waals surface area contributed by atoms with Gasteiger partial charge in [0.15, 0.2) is 23.3 Å². The van der Waals surface area contributed by atoms with E-state index in [1.807, 2.05) is 11.8 Å². The monoisotopic (exact) mass is 609 g/mol. The first-order valence-corrected chi connectivity index (χ1v) is 14.5. The quantitative estimate of drug-likeness (QED) is 0.152. The van der Waals surface area contributed by atoms with Crippen LogP contribution in [0.2, 0.25) is 0 Å². The number of aliphatic hydroxyl groups excluding tert-OH is 1. The average molecular weight is 609 g/mol. The number of hydrogen-bond donors (Lipinski definition) is 7. The molecule has 2 aromatic rings. The zero-order chi connectivity index (χ0) is 28.8. The fourth-order valence-electron chi connectivity index (χ4n) is 3.65. The van der Waals surface area contributed by atoms with Crippen LogP contribution in [0.25, 0.3) is 11.0 Å². The summed E-state index contributed by atoms with van der Waals surface area (Å²) in [6, 6.07) is 0. The van der Waals surface area contributed by atoms with E-state index < -0.39 is 77.0 Å². The lowest BCUT2D eigenvalue weighted by Gasteiger charge is -2.27. The van der Waals surface area contributed by atoms with Crippen LogP contribution in [0.15, 0.2) is 11.0 Å². The number of aromatic amines is 1. The van der Waals surface area contributed by atoms with Crippen molar-refractivity contribution in [3.05, 3.63) is 28.2 Å². The van der Waals surface area contributed by atoms with Crippen LogP contribution in [0.4, 0.5) is 8.78 Å². The minimum Gasteiger partial charge on any atom is -0.386 e. The zero-order valence-electron chi connectivity index (χ0n) is 19.0. The number of halogens is 2. The number of rotatable bonds is 8. The number of alkyl halides is 1. The van der Waals surface area contributed by atoms with Gasteiger partial charge in [-0.3, -0.25) is 13.9 Å². The molecule has 0 aliphatic carbocycles. The molecule has 0 spiro atoms. The molecule has 212 valence electrons. The van der Waals surface area contributed by atoms with Crippen molar-refractivity contribution < 1.29 is 70.1 Å². The van der Waals surface area contributed by atoms with Crippen molar-refractivity contribution in [3.63, 3.8) is 0 Å². The van der Waals surface area contributed by atoms with Crippen LogP contribution in [-0.2, 0) is 31.6 Å². The van der Waals surface area contributed by atoms with Gasteiger partial charge in [-0.25, -0.2) is 27.5 Å². The third-order valence-corrected chi connectivity index (χ3v) is 8.89. The van der Waals surface area contributed by atoms with Crippen LogP contribution in [0, 0.1) is 24.6 Å². The second-order valence-electron chi connectivity index (χ2n) is 7.79. The lowest BCUT2D eigenvalue weighted by molar-refractivity contribution is -0.0831. The normalized spacial score (nSPS) is 27.9. The van der Waals surface area contributed by atoms with E-state index in [1.54, 1.807) is 0 Å². The Balaban J connectivity index is 1.99. The number of nitrogens with one attached hydrogen (secondary N) is 1. The van der Waals surface area contributed by atoms with Gasteiger partial charge in [-0.2, -0.15) is 8.62 Å². The first kappa shape index (κ1) is 30.7. The number of phosphoric acid groups is 3. The number of aliphatic hydroxyl groups is 2. The number of aryl methyl sites for hydroxylation is 1. The second kappa shape index (κ2) is 10.6. The highest BCUT2D eigenvalue weighted by Crippen LogP contribution is 2.66. The van der Waals surface area contributed by atoms with Crippen molar-refractivity contribution in [2.45, 2.75) is 44.0 Å². The summed E-state index contributed by atoms with van der Waals surface area (Å²) in [5.41, 5.74) is -4.07. The second-order valence-corrected chi connectivity index (χ2v) is 12.2. The molecule has 1 saturated heterocycles. The van der Waals surface area contributed by atoms with Crippen LogP contribution >= 0.6 is 23.5 Å². The number of fused-ring (bicyclic) bond motifs is 1. The lowest BCUT2D eigenvalue weighted by Crippen LogP contribution is -2.47. The van der Waals surface area contributed by atoms with Gasteiger partial charge in [0, 0.05) is 6.20 Å². The summed E-state index contributed by atoms with van der Waals surface area (Å²) in [6.45, 7) is 0.962. The molecule has 3 rings (SSSR count). The number of hydrogen-bond acceptors (Lipinski definition) is 11. The van der Waals surface area contributed by atoms with Gasteiger partial charge in [-0.15, -0.1) is 0 Å². The number of nitrogens with zero attached hydrogens (tertiary/aromatic N) is 2. The van der Waals surface area contributed by atoms with Gasteiger partial charge in [-0.05, 0) is 13.8 Å². The Morgan fingerprint density at radius 1 is 1.26 bits per heavy atom. The summed E-state index contributed by atoms with van der Waals surface area (Å²) in [5.74, 6) is 2.76. The first-order chi connectivity index (χ1) is 17.3. The molecule has 0 aromatic carbocycles. The Morgan fingerprint density at radius 2 is 1.89 bits per heavy atom. The molecule has 0 amide bonds. The molecule has 17 nitrogen and oxygen atoms in total. The number of aromatic nitrogens is 3. The molecule has 0 radical (unpaired) electrons. The number of ether oxygens (including phenoxy) is 1. The molecule has 7 atom stereocenters. The maximum atomic E-state index is 14.6. The molecule has 3 unspecified atom stereocenters. The molecule has 1 fully saturated rings. The third kappa shape index (κ3) is 6.46. The van der Waals surface area contributed by atoms with Crippen molar-refractivity contribution in [1.82, 2.24) is 14.5 Å². The molecular formula is C16H20F2N3O14P3. The predicted octanol–water partition coefficient (Wildman–Crippen LogP) is -0.134. The molecule has 3 heterocycles. The average Bonchev–Trinajstić information content (AvgIpc) is 3.17. The predicted molar refractivity (Wildman–Crippen MR) is 118 cm³/mol. The molecule has 1 aliphatic rings. The fourth-order valence-corrected chi connectivity index (χ4v) is 6.85. The van der Waals surface area contributed by atoms with Gasteiger partial charge in [-0.1, -0.05) is 11.8 Å². The van der Waals surface area contributed by atoms with E-state index >= 15 is 0 Å². The van der Waals surface area contributed by atoms with Crippen LogP contribution in [-0.4, -0.2) is 74.9 Å². The van der Waals surface area contributed by atoms with E-state index in [9.17, 15) is 47.3 Å². The molecule has 1 aliphatic heterocycles. The first-order valence-electron chi connectivity index (χ1n) is 10.0. The molecule has 38 heavy (non-hydrogen) atoms. The van der Waals surface area contributed by atoms with Crippen molar-refractivity contribution in [1.29, 1.82) is 0 Å². The fraction of sp³-hybridized carbons (Fsp3) is 0.500. The number of H-pyrrole nitrogens is 1. The summed E-state index contributed by atoms with van der Waals surface area (Å²) < 4.78 is 80.0. The van der Waals surface area contributed by atoms with Crippen LogP contribution in [0.5, 0.6) is 0 Å². The van der Waals surface area contributed by atoms with E-state index in [-0.39, 0.29) is 11.5 Å². The number of phosphoric ester groups is 1. The SMILES string of the molecule is Cc1nc2c(c(F)cn2[C@@H]2O[C@H]([C@H](C)OP(=O)(O)OP(=O)(O)OP(=O)(O)O)[C@H](O)C2(O)C#CCF)c(=O)[nH]1. The van der Waals surface area contributed by atoms with Crippen LogP contribution < -0.4 is 5.56 Å². The van der Waals surface area contributed by atoms with Crippen molar-refractivity contribution in [3.8, 4) is 11.8 Å². The van der Waals surface area contributed by atoms with Crippen molar-refractivity contribution in [2.24, 2.45) is 0 Å². The largest absolute Gasteiger partial charge is 0.490 e. The Morgan fingerprint density at radius 3 is 2.47 bits per heavy atom. The topological polar surface area (TPSA) is 260 Å². The summed E-state index contributed by atoms with van der Waals surface area (Å²) >= 11 is 0. The van der Waals surface area contributed by atoms with Crippen LogP contribution in [0.3, 0.4) is 0 Å². The van der Waals surface area contributed by atoms with Gasteiger partial charge in [0.1, 0.15) is 30.1 Å². The van der Waals surface area contributed by atoms with Gasteiger partial charge in [0.2, 0.25) is 0 Å². The van der Waals surface area contributed by atoms with Gasteiger partial charge in [0.05, 0.1) is 6.10 Å². The van der Waals surface area contributed by atoms with E-state index in [4.69, 9.17) is 14.5 Å². The van der Waals surface area contributed by atoms with Gasteiger partial charge >= 0.3 is 23.5 Å². The maximum Gasteiger partial charge on any atom is 0.490 e. The van der Waals surface area contributed by atoms with E-state index in [0.717, 1.165) is 11.5 Å². The van der Waals surface area contributed by atoms with E-state index in [2.05, 4.69) is 23.1 Å². The van der Waals surface area contributed by atoms with E-state index in [1.165, 1.54) is 6.92 Å². The van der Waals surface area contributed by atoms with Crippen molar-refractivity contribution >= 4 is 34.5 Å². The minimum absolute atomic E-state index is 0.0105. The summed E-state index contributed by atoms with van der Waals surface area (Å²) in [4.78, 5) is 54.7. The minimum atomic E-state index is -5.88. The molecule has 0 saturated carbocycles. The Kier molecular flexibility index (Phi) is 8.56. The highest BCUT2D eigenvalue weighted by molar-refractivity contribution is 7.66. The molecule has 0 bridgehead atoms. The van der Waals surface area contributed by atoms with Gasteiger partial charge < -0.3 is 39.5 Å². The smallest absolute Gasteiger partial charge is 0.386 e. The van der Waals surface area contributed by atoms with Gasteiger partial charge in [0.25, 0.3) is 5.56 Å². The highest BCUT2D eigenvalue weighted by atomic mass is 31.3. The molecule has 7 N–H and O–H groups in total. The maximum absolute atomic E-state index is 14.6. The summed E-state index contributed by atoms with van der Waals surface area (Å²) in [6.07, 6.45) is -7.22. The van der Waals surface area contributed by atoms with Crippen LogP contribution in [0.1, 0.15) is 19.0 Å². The lowest BCUT2D eigenvalue weighted by atomic mass is 9.92.